The van der Waals surface area contributed by atoms with Crippen molar-refractivity contribution in [1.82, 2.24) is 10.1 Å². The predicted octanol–water partition coefficient (Wildman–Crippen LogP) is 3.48. The summed E-state index contributed by atoms with van der Waals surface area (Å²) < 4.78 is 5.19. The molecular formula is C13H10N2O2S. The van der Waals surface area contributed by atoms with E-state index in [1.807, 2.05) is 31.2 Å². The van der Waals surface area contributed by atoms with Gasteiger partial charge in [0.15, 0.2) is 0 Å². The molecule has 0 saturated heterocycles. The number of aromatic nitrogens is 2. The zero-order valence-corrected chi connectivity index (χ0v) is 10.4. The van der Waals surface area contributed by atoms with E-state index >= 15 is 0 Å². The molecule has 2 aromatic heterocycles. The first-order valence-corrected chi connectivity index (χ1v) is 6.30. The third-order valence-electron chi connectivity index (χ3n) is 2.65. The molecule has 5 heteroatoms. The van der Waals surface area contributed by atoms with Crippen molar-refractivity contribution >= 4 is 11.3 Å². The molecule has 3 aromatic rings. The lowest BCUT2D eigenvalue weighted by Crippen LogP contribution is -1.84. The van der Waals surface area contributed by atoms with Gasteiger partial charge >= 0.3 is 0 Å². The Kier molecular flexibility index (Phi) is 2.60. The minimum absolute atomic E-state index is 0.167. The Labute approximate surface area is 108 Å². The maximum atomic E-state index is 9.62. The number of rotatable bonds is 2. The van der Waals surface area contributed by atoms with Crippen molar-refractivity contribution in [3.8, 4) is 27.9 Å². The maximum absolute atomic E-state index is 9.62. The molecule has 0 unspecified atom stereocenters. The molecule has 4 nitrogen and oxygen atoms in total. The van der Waals surface area contributed by atoms with Crippen LogP contribution in [0.1, 0.15) is 5.56 Å². The van der Waals surface area contributed by atoms with Crippen LogP contribution in [0.3, 0.4) is 0 Å². The van der Waals surface area contributed by atoms with Crippen molar-refractivity contribution in [3.05, 3.63) is 41.3 Å². The molecule has 0 fully saturated rings. The summed E-state index contributed by atoms with van der Waals surface area (Å²) in [6.45, 7) is 1.99. The molecule has 0 spiro atoms. The van der Waals surface area contributed by atoms with Gasteiger partial charge in [-0.1, -0.05) is 29.4 Å². The number of aryl methyl sites for hydroxylation is 1. The Balaban J connectivity index is 2.05. The van der Waals surface area contributed by atoms with E-state index in [9.17, 15) is 5.11 Å². The molecule has 3 rings (SSSR count). The summed E-state index contributed by atoms with van der Waals surface area (Å²) >= 11 is 1.37. The lowest BCUT2D eigenvalue weighted by atomic mass is 10.1. The second kappa shape index (κ2) is 4.27. The van der Waals surface area contributed by atoms with Crippen LogP contribution >= 0.6 is 11.3 Å². The van der Waals surface area contributed by atoms with Gasteiger partial charge in [0.2, 0.25) is 5.82 Å². The summed E-state index contributed by atoms with van der Waals surface area (Å²) in [4.78, 5) is 4.92. The zero-order valence-electron chi connectivity index (χ0n) is 9.62. The SMILES string of the molecule is Cc1ccccc1-c1noc(-c2sccc2O)n1. The van der Waals surface area contributed by atoms with E-state index in [0.717, 1.165) is 11.1 Å². The molecule has 0 aliphatic rings. The Bertz CT molecular complexity index is 688. The van der Waals surface area contributed by atoms with Crippen LogP contribution in [0.5, 0.6) is 5.75 Å². The molecule has 18 heavy (non-hydrogen) atoms. The molecular weight excluding hydrogens is 248 g/mol. The van der Waals surface area contributed by atoms with Gasteiger partial charge in [-0.05, 0) is 23.9 Å². The van der Waals surface area contributed by atoms with Gasteiger partial charge in [-0.2, -0.15) is 4.98 Å². The smallest absolute Gasteiger partial charge is 0.272 e. The van der Waals surface area contributed by atoms with Gasteiger partial charge in [0.05, 0.1) is 0 Å². The Morgan fingerprint density at radius 2 is 2.06 bits per heavy atom. The molecule has 0 saturated carbocycles. The third-order valence-corrected chi connectivity index (χ3v) is 3.54. The largest absolute Gasteiger partial charge is 0.506 e. The number of benzene rings is 1. The molecule has 0 aliphatic carbocycles. The molecule has 0 atom stereocenters. The average Bonchev–Trinajstić information content (AvgIpc) is 2.98. The molecule has 2 heterocycles. The molecule has 0 aliphatic heterocycles. The van der Waals surface area contributed by atoms with Crippen LogP contribution in [0.2, 0.25) is 0 Å². The first-order chi connectivity index (χ1) is 8.75. The first-order valence-electron chi connectivity index (χ1n) is 5.42. The summed E-state index contributed by atoms with van der Waals surface area (Å²) in [5.41, 5.74) is 2.02. The van der Waals surface area contributed by atoms with Crippen molar-refractivity contribution in [3.63, 3.8) is 0 Å². The number of aromatic hydroxyl groups is 1. The number of thiophene rings is 1. The Morgan fingerprint density at radius 1 is 1.22 bits per heavy atom. The lowest BCUT2D eigenvalue weighted by molar-refractivity contribution is 0.427. The second-order valence-electron chi connectivity index (χ2n) is 3.87. The number of nitrogens with zero attached hydrogens (tertiary/aromatic N) is 2. The third kappa shape index (κ3) is 1.78. The van der Waals surface area contributed by atoms with E-state index in [0.29, 0.717) is 16.6 Å². The van der Waals surface area contributed by atoms with Crippen molar-refractivity contribution < 1.29 is 9.63 Å². The molecule has 90 valence electrons. The van der Waals surface area contributed by atoms with Crippen LogP contribution in [0.15, 0.2) is 40.2 Å². The lowest BCUT2D eigenvalue weighted by Gasteiger charge is -1.97. The second-order valence-corrected chi connectivity index (χ2v) is 4.79. The molecule has 1 aromatic carbocycles. The standard InChI is InChI=1S/C13H10N2O2S/c1-8-4-2-3-5-9(8)12-14-13(17-15-12)11-10(16)6-7-18-11/h2-7,16H,1H3. The fourth-order valence-electron chi connectivity index (χ4n) is 1.71. The average molecular weight is 258 g/mol. The summed E-state index contributed by atoms with van der Waals surface area (Å²) in [5, 5.41) is 15.4. The minimum Gasteiger partial charge on any atom is -0.506 e. The van der Waals surface area contributed by atoms with Gasteiger partial charge in [-0.25, -0.2) is 0 Å². The van der Waals surface area contributed by atoms with Crippen LogP contribution in [-0.4, -0.2) is 15.2 Å². The van der Waals surface area contributed by atoms with Gasteiger partial charge in [0.1, 0.15) is 10.6 Å². The van der Waals surface area contributed by atoms with E-state index in [4.69, 9.17) is 4.52 Å². The van der Waals surface area contributed by atoms with Crippen LogP contribution in [0.4, 0.5) is 0 Å². The summed E-state index contributed by atoms with van der Waals surface area (Å²) in [5.74, 6) is 1.05. The number of hydrogen-bond acceptors (Lipinski definition) is 5. The molecule has 0 bridgehead atoms. The molecule has 0 radical (unpaired) electrons. The first kappa shape index (κ1) is 11.0. The summed E-state index contributed by atoms with van der Waals surface area (Å²) in [7, 11) is 0. The van der Waals surface area contributed by atoms with Crippen LogP contribution < -0.4 is 0 Å². The van der Waals surface area contributed by atoms with Crippen LogP contribution in [-0.2, 0) is 0 Å². The maximum Gasteiger partial charge on any atom is 0.272 e. The highest BCUT2D eigenvalue weighted by atomic mass is 32.1. The van der Waals surface area contributed by atoms with Gasteiger partial charge in [-0.3, -0.25) is 0 Å². The monoisotopic (exact) mass is 258 g/mol. The van der Waals surface area contributed by atoms with E-state index in [1.165, 1.54) is 11.3 Å². The van der Waals surface area contributed by atoms with Gasteiger partial charge in [0.25, 0.3) is 5.89 Å². The van der Waals surface area contributed by atoms with E-state index in [-0.39, 0.29) is 5.75 Å². The predicted molar refractivity (Wildman–Crippen MR) is 69.4 cm³/mol. The van der Waals surface area contributed by atoms with E-state index in [2.05, 4.69) is 10.1 Å². The minimum atomic E-state index is 0.167. The van der Waals surface area contributed by atoms with Crippen molar-refractivity contribution in [2.75, 3.05) is 0 Å². The van der Waals surface area contributed by atoms with Crippen LogP contribution in [0, 0.1) is 6.92 Å². The normalized spacial score (nSPS) is 10.7. The quantitative estimate of drug-likeness (QED) is 0.764. The summed E-state index contributed by atoms with van der Waals surface area (Å²) in [6, 6.07) is 9.44. The number of hydrogen-bond donors (Lipinski definition) is 1. The molecule has 1 N–H and O–H groups in total. The Morgan fingerprint density at radius 3 is 2.78 bits per heavy atom. The summed E-state index contributed by atoms with van der Waals surface area (Å²) in [6.07, 6.45) is 0. The highest BCUT2D eigenvalue weighted by Gasteiger charge is 2.15. The highest BCUT2D eigenvalue weighted by molar-refractivity contribution is 7.13. The van der Waals surface area contributed by atoms with Crippen molar-refractivity contribution in [2.45, 2.75) is 6.92 Å². The van der Waals surface area contributed by atoms with Gasteiger partial charge in [0, 0.05) is 5.56 Å². The molecule has 0 amide bonds. The Hall–Kier alpha value is -2.14. The van der Waals surface area contributed by atoms with Crippen LogP contribution in [0.25, 0.3) is 22.2 Å². The zero-order chi connectivity index (χ0) is 12.5. The fraction of sp³-hybridized carbons (Fsp3) is 0.0769. The topological polar surface area (TPSA) is 59.2 Å². The van der Waals surface area contributed by atoms with E-state index in [1.54, 1.807) is 11.4 Å². The van der Waals surface area contributed by atoms with E-state index < -0.39 is 0 Å². The fourth-order valence-corrected chi connectivity index (χ4v) is 2.42. The van der Waals surface area contributed by atoms with Crippen molar-refractivity contribution in [1.29, 1.82) is 0 Å². The van der Waals surface area contributed by atoms with Gasteiger partial charge in [-0.15, -0.1) is 11.3 Å². The van der Waals surface area contributed by atoms with Gasteiger partial charge < -0.3 is 9.63 Å². The highest BCUT2D eigenvalue weighted by Crippen LogP contribution is 2.34. The van der Waals surface area contributed by atoms with Crippen molar-refractivity contribution in [2.24, 2.45) is 0 Å².